The van der Waals surface area contributed by atoms with Gasteiger partial charge in [-0.15, -0.1) is 0 Å². The van der Waals surface area contributed by atoms with Gasteiger partial charge in [0.25, 0.3) is 0 Å². The van der Waals surface area contributed by atoms with Crippen molar-refractivity contribution in [2.24, 2.45) is 0 Å². The number of aryl methyl sites for hydroxylation is 2. The van der Waals surface area contributed by atoms with Crippen LogP contribution in [0.3, 0.4) is 0 Å². The second kappa shape index (κ2) is 8.76. The molecule has 0 bridgehead atoms. The van der Waals surface area contributed by atoms with E-state index in [4.69, 9.17) is 0 Å². The van der Waals surface area contributed by atoms with Gasteiger partial charge in [-0.05, 0) is 57.9 Å². The Balaban J connectivity index is 1.34. The third-order valence-electron chi connectivity index (χ3n) is 4.53. The van der Waals surface area contributed by atoms with Crippen molar-refractivity contribution in [2.45, 2.75) is 39.2 Å². The van der Waals surface area contributed by atoms with E-state index in [1.807, 2.05) is 38.2 Å². The van der Waals surface area contributed by atoms with E-state index in [9.17, 15) is 0 Å². The first-order chi connectivity index (χ1) is 12.2. The van der Waals surface area contributed by atoms with Crippen LogP contribution >= 0.6 is 0 Å². The van der Waals surface area contributed by atoms with E-state index in [1.165, 1.54) is 0 Å². The molecule has 1 aliphatic rings. The Morgan fingerprint density at radius 2 is 1.88 bits per heavy atom. The number of pyridine rings is 1. The van der Waals surface area contributed by atoms with Crippen LogP contribution in [-0.4, -0.2) is 47.2 Å². The maximum Gasteiger partial charge on any atom is 0.225 e. The first kappa shape index (κ1) is 17.6. The monoisotopic (exact) mass is 340 g/mol. The summed E-state index contributed by atoms with van der Waals surface area (Å²) in [4.78, 5) is 15.6. The van der Waals surface area contributed by atoms with Gasteiger partial charge in [0.05, 0.1) is 5.69 Å². The smallest absolute Gasteiger partial charge is 0.225 e. The van der Waals surface area contributed by atoms with Gasteiger partial charge in [0, 0.05) is 49.5 Å². The highest BCUT2D eigenvalue weighted by Gasteiger charge is 2.20. The molecular weight excluding hydrogens is 312 g/mol. The first-order valence-corrected chi connectivity index (χ1v) is 9.15. The third-order valence-corrected chi connectivity index (χ3v) is 4.53. The van der Waals surface area contributed by atoms with E-state index in [1.54, 1.807) is 6.20 Å². The normalized spacial score (nSPS) is 15.4. The average molecular weight is 340 g/mol. The molecule has 0 atom stereocenters. The molecular formula is C19H28N6. The predicted octanol–water partition coefficient (Wildman–Crippen LogP) is 2.55. The van der Waals surface area contributed by atoms with Crippen molar-refractivity contribution < 1.29 is 0 Å². The Hall–Kier alpha value is -2.21. The van der Waals surface area contributed by atoms with Crippen LogP contribution < -0.4 is 15.5 Å². The summed E-state index contributed by atoms with van der Waals surface area (Å²) in [5, 5.41) is 7.07. The van der Waals surface area contributed by atoms with Crippen LogP contribution in [0.1, 0.15) is 30.7 Å². The molecule has 3 rings (SSSR count). The van der Waals surface area contributed by atoms with Crippen molar-refractivity contribution in [3.05, 3.63) is 42.0 Å². The van der Waals surface area contributed by atoms with Crippen LogP contribution in [0.15, 0.2) is 30.6 Å². The molecule has 0 saturated carbocycles. The minimum atomic E-state index is 0.598. The Morgan fingerprint density at radius 3 is 2.56 bits per heavy atom. The summed E-state index contributed by atoms with van der Waals surface area (Å²) in [7, 11) is 0. The van der Waals surface area contributed by atoms with E-state index in [0.29, 0.717) is 6.04 Å². The minimum Gasteiger partial charge on any atom is -0.384 e. The second-order valence-corrected chi connectivity index (χ2v) is 6.69. The lowest BCUT2D eigenvalue weighted by atomic mass is 10.1. The standard InChI is InChI=1S/C19H28N6/c1-15-13-16(2)24-19(23-15)25-11-6-17(7-12-25)21-9-4-10-22-18-5-3-8-20-14-18/h3,5,8,13-14,17,21-22H,4,6-7,9-12H2,1-2H3. The average Bonchev–Trinajstić information content (AvgIpc) is 2.62. The second-order valence-electron chi connectivity index (χ2n) is 6.69. The van der Waals surface area contributed by atoms with Crippen molar-refractivity contribution >= 4 is 11.6 Å². The number of hydrogen-bond donors (Lipinski definition) is 2. The van der Waals surface area contributed by atoms with Gasteiger partial charge in [-0.1, -0.05) is 0 Å². The molecule has 1 saturated heterocycles. The lowest BCUT2D eigenvalue weighted by Gasteiger charge is -2.32. The maximum absolute atomic E-state index is 4.58. The summed E-state index contributed by atoms with van der Waals surface area (Å²) in [5.41, 5.74) is 3.18. The number of aromatic nitrogens is 3. The van der Waals surface area contributed by atoms with Crippen molar-refractivity contribution in [2.75, 3.05) is 36.4 Å². The molecule has 0 aliphatic carbocycles. The molecule has 3 heterocycles. The predicted molar refractivity (Wildman–Crippen MR) is 102 cm³/mol. The largest absolute Gasteiger partial charge is 0.384 e. The van der Waals surface area contributed by atoms with Gasteiger partial charge in [0.2, 0.25) is 5.95 Å². The van der Waals surface area contributed by atoms with Gasteiger partial charge in [-0.2, -0.15) is 0 Å². The Labute approximate surface area is 150 Å². The molecule has 2 aromatic heterocycles. The van der Waals surface area contributed by atoms with Gasteiger partial charge in [0.1, 0.15) is 0 Å². The molecule has 0 amide bonds. The molecule has 2 N–H and O–H groups in total. The molecule has 0 unspecified atom stereocenters. The highest BCUT2D eigenvalue weighted by Crippen LogP contribution is 2.17. The van der Waals surface area contributed by atoms with E-state index in [0.717, 1.165) is 68.5 Å². The number of nitrogens with zero attached hydrogens (tertiary/aromatic N) is 4. The van der Waals surface area contributed by atoms with Gasteiger partial charge in [-0.25, -0.2) is 9.97 Å². The number of rotatable bonds is 7. The van der Waals surface area contributed by atoms with Gasteiger partial charge >= 0.3 is 0 Å². The Bertz CT molecular complexity index is 632. The summed E-state index contributed by atoms with van der Waals surface area (Å²) < 4.78 is 0. The molecule has 2 aromatic rings. The summed E-state index contributed by atoms with van der Waals surface area (Å²) in [6, 6.07) is 6.62. The number of nitrogens with one attached hydrogen (secondary N) is 2. The first-order valence-electron chi connectivity index (χ1n) is 9.15. The van der Waals surface area contributed by atoms with E-state index in [-0.39, 0.29) is 0 Å². The molecule has 0 aromatic carbocycles. The zero-order valence-corrected chi connectivity index (χ0v) is 15.2. The van der Waals surface area contributed by atoms with Crippen LogP contribution in [0.5, 0.6) is 0 Å². The van der Waals surface area contributed by atoms with E-state index >= 15 is 0 Å². The van der Waals surface area contributed by atoms with Crippen molar-refractivity contribution in [1.82, 2.24) is 20.3 Å². The van der Waals surface area contributed by atoms with Gasteiger partial charge in [0.15, 0.2) is 0 Å². The van der Waals surface area contributed by atoms with Crippen LogP contribution in [0.4, 0.5) is 11.6 Å². The number of piperidine rings is 1. The quantitative estimate of drug-likeness (QED) is 0.755. The fraction of sp³-hybridized carbons (Fsp3) is 0.526. The summed E-state index contributed by atoms with van der Waals surface area (Å²) in [5.74, 6) is 0.886. The fourth-order valence-corrected chi connectivity index (χ4v) is 3.23. The minimum absolute atomic E-state index is 0.598. The van der Waals surface area contributed by atoms with E-state index in [2.05, 4.69) is 30.5 Å². The maximum atomic E-state index is 4.58. The summed E-state index contributed by atoms with van der Waals surface area (Å²) in [6.07, 6.45) is 7.05. The SMILES string of the molecule is Cc1cc(C)nc(N2CCC(NCCCNc3cccnc3)CC2)n1. The van der Waals surface area contributed by atoms with Gasteiger partial charge < -0.3 is 15.5 Å². The van der Waals surface area contributed by atoms with E-state index < -0.39 is 0 Å². The molecule has 25 heavy (non-hydrogen) atoms. The zero-order chi connectivity index (χ0) is 17.5. The summed E-state index contributed by atoms with van der Waals surface area (Å²) >= 11 is 0. The highest BCUT2D eigenvalue weighted by molar-refractivity contribution is 5.39. The third kappa shape index (κ3) is 5.39. The highest BCUT2D eigenvalue weighted by atomic mass is 15.3. The number of anilines is 2. The summed E-state index contributed by atoms with van der Waals surface area (Å²) in [6.45, 7) is 8.12. The molecule has 1 fully saturated rings. The molecule has 0 radical (unpaired) electrons. The molecule has 0 spiro atoms. The fourth-order valence-electron chi connectivity index (χ4n) is 3.23. The molecule has 134 valence electrons. The van der Waals surface area contributed by atoms with Crippen LogP contribution in [0.25, 0.3) is 0 Å². The Morgan fingerprint density at radius 1 is 1.12 bits per heavy atom. The van der Waals surface area contributed by atoms with Crippen LogP contribution in [0.2, 0.25) is 0 Å². The Kier molecular flexibility index (Phi) is 6.17. The zero-order valence-electron chi connectivity index (χ0n) is 15.2. The number of hydrogen-bond acceptors (Lipinski definition) is 6. The van der Waals surface area contributed by atoms with Crippen molar-refractivity contribution in [1.29, 1.82) is 0 Å². The lowest BCUT2D eigenvalue weighted by Crippen LogP contribution is -2.43. The molecule has 1 aliphatic heterocycles. The van der Waals surface area contributed by atoms with Crippen LogP contribution in [-0.2, 0) is 0 Å². The van der Waals surface area contributed by atoms with Crippen molar-refractivity contribution in [3.63, 3.8) is 0 Å². The van der Waals surface area contributed by atoms with Crippen LogP contribution in [0, 0.1) is 13.8 Å². The lowest BCUT2D eigenvalue weighted by molar-refractivity contribution is 0.412. The van der Waals surface area contributed by atoms with Crippen molar-refractivity contribution in [3.8, 4) is 0 Å². The molecule has 6 nitrogen and oxygen atoms in total. The molecule has 6 heteroatoms. The topological polar surface area (TPSA) is 66.0 Å². The van der Waals surface area contributed by atoms with Gasteiger partial charge in [-0.3, -0.25) is 4.98 Å².